The first-order valence-electron chi connectivity index (χ1n) is 5.33. The minimum Gasteiger partial charge on any atom is -0.496 e. The normalized spacial score (nSPS) is 18.1. The summed E-state index contributed by atoms with van der Waals surface area (Å²) in [5.74, 6) is 0.878. The van der Waals surface area contributed by atoms with E-state index in [-0.39, 0.29) is 11.2 Å². The van der Waals surface area contributed by atoms with Crippen LogP contribution in [0.4, 0.5) is 0 Å². The molecule has 0 heterocycles. The Balaban J connectivity index is 2.63. The summed E-state index contributed by atoms with van der Waals surface area (Å²) in [5, 5.41) is 0. The number of ketones is 1. The molecule has 0 N–H and O–H groups in total. The van der Waals surface area contributed by atoms with Crippen LogP contribution >= 0.6 is 15.9 Å². The van der Waals surface area contributed by atoms with E-state index in [2.05, 4.69) is 29.8 Å². The standard InChI is InChI=1S/C13H15BrO2/c1-13(2)6-8-9(14)4-5-11(16-3)12(8)10(15)7-13/h4-5H,6-7H2,1-3H3. The topological polar surface area (TPSA) is 26.3 Å². The number of halogens is 1. The number of fused-ring (bicyclic) bond motifs is 1. The predicted octanol–water partition coefficient (Wildman–Crippen LogP) is 3.61. The minimum atomic E-state index is 0.0406. The maximum absolute atomic E-state index is 12.1. The monoisotopic (exact) mass is 282 g/mol. The van der Waals surface area contributed by atoms with Crippen LogP contribution < -0.4 is 4.74 Å². The van der Waals surface area contributed by atoms with Crippen LogP contribution in [0, 0.1) is 5.41 Å². The highest BCUT2D eigenvalue weighted by atomic mass is 79.9. The lowest BCUT2D eigenvalue weighted by Gasteiger charge is -2.31. The van der Waals surface area contributed by atoms with Gasteiger partial charge in [0.15, 0.2) is 5.78 Å². The van der Waals surface area contributed by atoms with Crippen molar-refractivity contribution in [3.8, 4) is 5.75 Å². The summed E-state index contributed by atoms with van der Waals surface area (Å²) in [5.41, 5.74) is 1.88. The summed E-state index contributed by atoms with van der Waals surface area (Å²) in [6, 6.07) is 3.80. The van der Waals surface area contributed by atoms with E-state index in [4.69, 9.17) is 4.74 Å². The third kappa shape index (κ3) is 1.88. The van der Waals surface area contributed by atoms with Gasteiger partial charge in [0.05, 0.1) is 12.7 Å². The van der Waals surface area contributed by atoms with Gasteiger partial charge >= 0.3 is 0 Å². The van der Waals surface area contributed by atoms with Crippen LogP contribution in [0.2, 0.25) is 0 Å². The van der Waals surface area contributed by atoms with Gasteiger partial charge in [-0.15, -0.1) is 0 Å². The van der Waals surface area contributed by atoms with Crippen LogP contribution in [0.5, 0.6) is 5.75 Å². The van der Waals surface area contributed by atoms with Gasteiger partial charge in [0.1, 0.15) is 5.75 Å². The Morgan fingerprint density at radius 2 is 2.00 bits per heavy atom. The zero-order valence-electron chi connectivity index (χ0n) is 9.76. The molecular weight excluding hydrogens is 268 g/mol. The Labute approximate surface area is 104 Å². The van der Waals surface area contributed by atoms with Gasteiger partial charge in [-0.2, -0.15) is 0 Å². The van der Waals surface area contributed by atoms with Gasteiger partial charge in [0.2, 0.25) is 0 Å². The summed E-state index contributed by atoms with van der Waals surface area (Å²) < 4.78 is 6.27. The lowest BCUT2D eigenvalue weighted by molar-refractivity contribution is 0.0908. The number of ether oxygens (including phenoxy) is 1. The molecule has 86 valence electrons. The van der Waals surface area contributed by atoms with Crippen molar-refractivity contribution in [1.29, 1.82) is 0 Å². The molecule has 1 aromatic rings. The summed E-state index contributed by atoms with van der Waals surface area (Å²) in [6.07, 6.45) is 1.50. The number of hydrogen-bond acceptors (Lipinski definition) is 2. The number of rotatable bonds is 1. The first-order chi connectivity index (χ1) is 7.44. The quantitative estimate of drug-likeness (QED) is 0.787. The lowest BCUT2D eigenvalue weighted by Crippen LogP contribution is -2.27. The molecule has 0 saturated carbocycles. The second-order valence-electron chi connectivity index (χ2n) is 5.04. The average Bonchev–Trinajstić information content (AvgIpc) is 2.18. The highest BCUT2D eigenvalue weighted by molar-refractivity contribution is 9.10. The smallest absolute Gasteiger partial charge is 0.167 e. The third-order valence-corrected chi connectivity index (χ3v) is 3.75. The Bertz CT molecular complexity index is 449. The predicted molar refractivity (Wildman–Crippen MR) is 67.1 cm³/mol. The molecule has 2 rings (SSSR count). The van der Waals surface area contributed by atoms with Gasteiger partial charge in [0, 0.05) is 10.9 Å². The molecule has 1 aromatic carbocycles. The van der Waals surface area contributed by atoms with E-state index >= 15 is 0 Å². The molecule has 0 fully saturated rings. The van der Waals surface area contributed by atoms with Gasteiger partial charge in [-0.3, -0.25) is 4.79 Å². The van der Waals surface area contributed by atoms with E-state index in [0.717, 1.165) is 22.0 Å². The Morgan fingerprint density at radius 3 is 2.62 bits per heavy atom. The van der Waals surface area contributed by atoms with E-state index < -0.39 is 0 Å². The maximum Gasteiger partial charge on any atom is 0.167 e. The number of benzene rings is 1. The van der Waals surface area contributed by atoms with Gasteiger partial charge in [0.25, 0.3) is 0 Å². The van der Waals surface area contributed by atoms with Crippen LogP contribution in [0.1, 0.15) is 36.2 Å². The van der Waals surface area contributed by atoms with Crippen molar-refractivity contribution in [3.05, 3.63) is 27.7 Å². The van der Waals surface area contributed by atoms with Crippen molar-refractivity contribution in [2.75, 3.05) is 7.11 Å². The zero-order valence-corrected chi connectivity index (χ0v) is 11.3. The van der Waals surface area contributed by atoms with Crippen molar-refractivity contribution in [2.45, 2.75) is 26.7 Å². The van der Waals surface area contributed by atoms with Crippen molar-refractivity contribution in [1.82, 2.24) is 0 Å². The number of hydrogen-bond donors (Lipinski definition) is 0. The minimum absolute atomic E-state index is 0.0406. The summed E-state index contributed by atoms with van der Waals surface area (Å²) in [7, 11) is 1.61. The molecule has 0 aromatic heterocycles. The largest absolute Gasteiger partial charge is 0.496 e. The second-order valence-corrected chi connectivity index (χ2v) is 5.90. The molecule has 0 atom stereocenters. The maximum atomic E-state index is 12.1. The van der Waals surface area contributed by atoms with E-state index in [1.54, 1.807) is 7.11 Å². The number of carbonyl (C=O) groups excluding carboxylic acids is 1. The summed E-state index contributed by atoms with van der Waals surface area (Å²) >= 11 is 3.52. The molecule has 0 unspecified atom stereocenters. The van der Waals surface area contributed by atoms with Gasteiger partial charge in [-0.25, -0.2) is 0 Å². The molecule has 2 nitrogen and oxygen atoms in total. The van der Waals surface area contributed by atoms with Crippen LogP contribution in [0.3, 0.4) is 0 Å². The second kappa shape index (κ2) is 3.88. The van der Waals surface area contributed by atoms with E-state index in [0.29, 0.717) is 12.2 Å². The molecule has 0 radical (unpaired) electrons. The molecule has 0 amide bonds. The van der Waals surface area contributed by atoms with E-state index in [1.807, 2.05) is 12.1 Å². The first-order valence-corrected chi connectivity index (χ1v) is 6.12. The van der Waals surface area contributed by atoms with Crippen LogP contribution in [-0.2, 0) is 6.42 Å². The van der Waals surface area contributed by atoms with Crippen LogP contribution in [0.15, 0.2) is 16.6 Å². The number of Topliss-reactive ketones (excluding diaryl/α,β-unsaturated/α-hetero) is 1. The zero-order chi connectivity index (χ0) is 11.9. The van der Waals surface area contributed by atoms with Gasteiger partial charge in [-0.1, -0.05) is 29.8 Å². The Hall–Kier alpha value is -0.830. The van der Waals surface area contributed by atoms with Gasteiger partial charge < -0.3 is 4.74 Å². The molecule has 0 aliphatic heterocycles. The van der Waals surface area contributed by atoms with E-state index in [1.165, 1.54) is 0 Å². The van der Waals surface area contributed by atoms with Crippen molar-refractivity contribution in [2.24, 2.45) is 5.41 Å². The van der Waals surface area contributed by atoms with Crippen molar-refractivity contribution in [3.63, 3.8) is 0 Å². The number of methoxy groups -OCH3 is 1. The fourth-order valence-electron chi connectivity index (χ4n) is 2.31. The Morgan fingerprint density at radius 1 is 1.31 bits per heavy atom. The average molecular weight is 283 g/mol. The summed E-state index contributed by atoms with van der Waals surface area (Å²) in [4.78, 5) is 12.1. The molecule has 0 bridgehead atoms. The fourth-order valence-corrected chi connectivity index (χ4v) is 2.78. The molecule has 0 spiro atoms. The Kier molecular flexibility index (Phi) is 2.82. The lowest BCUT2D eigenvalue weighted by atomic mass is 9.73. The molecule has 1 aliphatic carbocycles. The molecule has 16 heavy (non-hydrogen) atoms. The summed E-state index contributed by atoms with van der Waals surface area (Å²) in [6.45, 7) is 4.25. The van der Waals surface area contributed by atoms with Crippen LogP contribution in [-0.4, -0.2) is 12.9 Å². The fraction of sp³-hybridized carbons (Fsp3) is 0.462. The third-order valence-electron chi connectivity index (χ3n) is 3.01. The highest BCUT2D eigenvalue weighted by Crippen LogP contribution is 2.41. The first kappa shape index (κ1) is 11.6. The van der Waals surface area contributed by atoms with Crippen LogP contribution in [0.25, 0.3) is 0 Å². The number of carbonyl (C=O) groups is 1. The molecule has 3 heteroatoms. The van der Waals surface area contributed by atoms with E-state index in [9.17, 15) is 4.79 Å². The SMILES string of the molecule is COc1ccc(Br)c2c1C(=O)CC(C)(C)C2. The van der Waals surface area contributed by atoms with Crippen molar-refractivity contribution < 1.29 is 9.53 Å². The molecular formula is C13H15BrO2. The molecule has 0 saturated heterocycles. The highest BCUT2D eigenvalue weighted by Gasteiger charge is 2.34. The molecule has 1 aliphatic rings. The van der Waals surface area contributed by atoms with Crippen molar-refractivity contribution >= 4 is 21.7 Å². The van der Waals surface area contributed by atoms with Gasteiger partial charge in [-0.05, 0) is 29.5 Å².